The minimum absolute atomic E-state index is 0.0542. The Balaban J connectivity index is 1.62. The second-order valence-corrected chi connectivity index (χ2v) is 4.49. The van der Waals surface area contributed by atoms with Crippen LogP contribution in [0.2, 0.25) is 0 Å². The van der Waals surface area contributed by atoms with E-state index in [2.05, 4.69) is 22.0 Å². The fraction of sp³-hybridized carbons (Fsp3) is 0.286. The lowest BCUT2D eigenvalue weighted by molar-refractivity contribution is 0.0741. The summed E-state index contributed by atoms with van der Waals surface area (Å²) >= 11 is 0. The highest BCUT2D eigenvalue weighted by molar-refractivity contribution is 5.92. The fourth-order valence-corrected chi connectivity index (χ4v) is 2.29. The molecule has 0 radical (unpaired) electrons. The van der Waals surface area contributed by atoms with Crippen LogP contribution in [0.15, 0.2) is 47.4 Å². The van der Waals surface area contributed by atoms with Gasteiger partial charge in [-0.25, -0.2) is 4.98 Å². The van der Waals surface area contributed by atoms with Crippen LogP contribution in [0.5, 0.6) is 0 Å². The van der Waals surface area contributed by atoms with E-state index >= 15 is 0 Å². The number of aromatic nitrogens is 1. The molecule has 0 N–H and O–H groups in total. The maximum Gasteiger partial charge on any atom is 0.275 e. The van der Waals surface area contributed by atoms with Crippen LogP contribution < -0.4 is 4.90 Å². The third-order valence-corrected chi connectivity index (χ3v) is 3.34. The molecule has 1 aliphatic heterocycles. The third kappa shape index (κ3) is 2.45. The number of hydrogen-bond acceptors (Lipinski definition) is 4. The van der Waals surface area contributed by atoms with Crippen LogP contribution in [0, 0.1) is 0 Å². The molecule has 19 heavy (non-hydrogen) atoms. The van der Waals surface area contributed by atoms with Gasteiger partial charge in [0.05, 0.1) is 0 Å². The number of nitrogens with zero attached hydrogens (tertiary/aromatic N) is 3. The van der Waals surface area contributed by atoms with Crippen LogP contribution in [0.4, 0.5) is 5.69 Å². The summed E-state index contributed by atoms with van der Waals surface area (Å²) in [6.45, 7) is 3.10. The largest absolute Gasteiger partial charge is 0.451 e. The monoisotopic (exact) mass is 257 g/mol. The van der Waals surface area contributed by atoms with Gasteiger partial charge in [-0.1, -0.05) is 18.2 Å². The van der Waals surface area contributed by atoms with E-state index in [1.54, 1.807) is 0 Å². The van der Waals surface area contributed by atoms with E-state index in [1.165, 1.54) is 18.3 Å². The quantitative estimate of drug-likeness (QED) is 0.820. The number of anilines is 1. The molecule has 1 aliphatic rings. The molecule has 1 amide bonds. The first-order chi connectivity index (χ1) is 9.34. The van der Waals surface area contributed by atoms with E-state index in [1.807, 2.05) is 23.1 Å². The summed E-state index contributed by atoms with van der Waals surface area (Å²) in [5, 5.41) is 0. The molecule has 0 spiro atoms. The number of carbonyl (C=O) groups is 1. The zero-order valence-electron chi connectivity index (χ0n) is 10.5. The molecule has 98 valence electrons. The van der Waals surface area contributed by atoms with Crippen LogP contribution in [0.3, 0.4) is 0 Å². The van der Waals surface area contributed by atoms with Crippen LogP contribution in [0.25, 0.3) is 0 Å². The van der Waals surface area contributed by atoms with Gasteiger partial charge in [0.15, 0.2) is 12.1 Å². The van der Waals surface area contributed by atoms with Crippen molar-refractivity contribution < 1.29 is 9.21 Å². The van der Waals surface area contributed by atoms with Crippen LogP contribution in [-0.2, 0) is 0 Å². The summed E-state index contributed by atoms with van der Waals surface area (Å²) in [5.41, 5.74) is 1.59. The minimum Gasteiger partial charge on any atom is -0.451 e. The molecule has 0 aliphatic carbocycles. The van der Waals surface area contributed by atoms with Gasteiger partial charge in [-0.3, -0.25) is 4.79 Å². The van der Waals surface area contributed by atoms with Crippen molar-refractivity contribution in [2.24, 2.45) is 0 Å². The first kappa shape index (κ1) is 11.8. The highest BCUT2D eigenvalue weighted by Gasteiger charge is 2.23. The Morgan fingerprint density at radius 2 is 1.84 bits per heavy atom. The lowest BCUT2D eigenvalue weighted by atomic mass is 10.2. The van der Waals surface area contributed by atoms with Gasteiger partial charge in [-0.2, -0.15) is 0 Å². The molecule has 1 fully saturated rings. The number of hydrogen-bond donors (Lipinski definition) is 0. The summed E-state index contributed by atoms with van der Waals surface area (Å²) in [5.74, 6) is -0.0542. The second-order valence-electron chi connectivity index (χ2n) is 4.49. The number of oxazole rings is 1. The lowest BCUT2D eigenvalue weighted by Crippen LogP contribution is -2.48. The van der Waals surface area contributed by atoms with Crippen LogP contribution in [-0.4, -0.2) is 42.0 Å². The van der Waals surface area contributed by atoms with Crippen molar-refractivity contribution >= 4 is 11.6 Å². The average Bonchev–Trinajstić information content (AvgIpc) is 3.02. The number of carbonyl (C=O) groups excluding carboxylic acids is 1. The van der Waals surface area contributed by atoms with Gasteiger partial charge in [0, 0.05) is 31.9 Å². The van der Waals surface area contributed by atoms with E-state index < -0.39 is 0 Å². The van der Waals surface area contributed by atoms with E-state index in [9.17, 15) is 4.79 Å². The molecule has 0 saturated carbocycles. The van der Waals surface area contributed by atoms with Crippen molar-refractivity contribution in [3.63, 3.8) is 0 Å². The predicted octanol–water partition coefficient (Wildman–Crippen LogP) is 1.64. The lowest BCUT2D eigenvalue weighted by Gasteiger charge is -2.35. The molecule has 2 aromatic rings. The normalized spacial score (nSPS) is 15.6. The fourth-order valence-electron chi connectivity index (χ4n) is 2.29. The van der Waals surface area contributed by atoms with Crippen molar-refractivity contribution in [2.75, 3.05) is 31.1 Å². The van der Waals surface area contributed by atoms with Crippen LogP contribution in [0.1, 0.15) is 10.5 Å². The van der Waals surface area contributed by atoms with Gasteiger partial charge >= 0.3 is 0 Å². The second kappa shape index (κ2) is 5.14. The summed E-state index contributed by atoms with van der Waals surface area (Å²) in [4.78, 5) is 20.1. The minimum atomic E-state index is -0.0542. The van der Waals surface area contributed by atoms with Crippen molar-refractivity contribution in [3.05, 3.63) is 48.7 Å². The molecule has 1 aromatic carbocycles. The first-order valence-corrected chi connectivity index (χ1v) is 6.32. The molecule has 0 unspecified atom stereocenters. The Bertz CT molecular complexity index is 531. The number of piperazine rings is 1. The third-order valence-electron chi connectivity index (χ3n) is 3.34. The average molecular weight is 257 g/mol. The van der Waals surface area contributed by atoms with E-state index in [0.717, 1.165) is 13.1 Å². The van der Waals surface area contributed by atoms with Crippen molar-refractivity contribution in [1.82, 2.24) is 9.88 Å². The topological polar surface area (TPSA) is 49.6 Å². The summed E-state index contributed by atoms with van der Waals surface area (Å²) < 4.78 is 4.85. The molecular formula is C14H15N3O2. The van der Waals surface area contributed by atoms with Crippen molar-refractivity contribution in [1.29, 1.82) is 0 Å². The predicted molar refractivity (Wildman–Crippen MR) is 71.1 cm³/mol. The highest BCUT2D eigenvalue weighted by Crippen LogP contribution is 2.16. The number of amides is 1. The van der Waals surface area contributed by atoms with Crippen molar-refractivity contribution in [3.8, 4) is 0 Å². The summed E-state index contributed by atoms with van der Waals surface area (Å²) in [6, 6.07) is 10.3. The number of para-hydroxylation sites is 1. The maximum atomic E-state index is 12.1. The van der Waals surface area contributed by atoms with E-state index in [4.69, 9.17) is 4.42 Å². The molecule has 5 heteroatoms. The van der Waals surface area contributed by atoms with Crippen molar-refractivity contribution in [2.45, 2.75) is 0 Å². The SMILES string of the molecule is O=C(c1cocn1)N1CCN(c2ccccc2)CC1. The van der Waals surface area contributed by atoms with E-state index in [-0.39, 0.29) is 5.91 Å². The first-order valence-electron chi connectivity index (χ1n) is 6.32. The van der Waals surface area contributed by atoms with Gasteiger partial charge in [0.1, 0.15) is 6.26 Å². The Morgan fingerprint density at radius 1 is 1.11 bits per heavy atom. The molecule has 1 aromatic heterocycles. The van der Waals surface area contributed by atoms with Gasteiger partial charge in [0.2, 0.25) is 0 Å². The van der Waals surface area contributed by atoms with Crippen LogP contribution >= 0.6 is 0 Å². The Morgan fingerprint density at radius 3 is 2.47 bits per heavy atom. The molecule has 2 heterocycles. The molecule has 1 saturated heterocycles. The maximum absolute atomic E-state index is 12.1. The smallest absolute Gasteiger partial charge is 0.275 e. The highest BCUT2D eigenvalue weighted by atomic mass is 16.3. The van der Waals surface area contributed by atoms with Gasteiger partial charge < -0.3 is 14.2 Å². The van der Waals surface area contributed by atoms with E-state index in [0.29, 0.717) is 18.8 Å². The van der Waals surface area contributed by atoms with Gasteiger partial charge in [-0.15, -0.1) is 0 Å². The number of benzene rings is 1. The molecule has 5 nitrogen and oxygen atoms in total. The zero-order chi connectivity index (χ0) is 13.1. The summed E-state index contributed by atoms with van der Waals surface area (Å²) in [7, 11) is 0. The Kier molecular flexibility index (Phi) is 3.18. The standard InChI is InChI=1S/C14H15N3O2/c18-14(13-10-19-11-15-13)17-8-6-16(7-9-17)12-4-2-1-3-5-12/h1-5,10-11H,6-9H2. The molecule has 0 atom stereocenters. The van der Waals surface area contributed by atoms with Gasteiger partial charge in [-0.05, 0) is 12.1 Å². The molecule has 3 rings (SSSR count). The Labute approximate surface area is 111 Å². The summed E-state index contributed by atoms with van der Waals surface area (Å²) in [6.07, 6.45) is 2.68. The molecular weight excluding hydrogens is 242 g/mol. The zero-order valence-corrected chi connectivity index (χ0v) is 10.5. The number of rotatable bonds is 2. The Hall–Kier alpha value is -2.30. The van der Waals surface area contributed by atoms with Gasteiger partial charge in [0.25, 0.3) is 5.91 Å². The molecule has 0 bridgehead atoms.